The Balaban J connectivity index is 2.13. The molecule has 1 amide bonds. The molecule has 0 aromatic rings. The molecule has 4 N–H and O–H groups in total. The topological polar surface area (TPSA) is 67.2 Å². The van der Waals surface area contributed by atoms with Crippen LogP contribution in [0.1, 0.15) is 26.2 Å². The normalized spacial score (nSPS) is 38.2. The molecule has 0 spiro atoms. The van der Waals surface area contributed by atoms with Crippen LogP contribution in [0.15, 0.2) is 0 Å². The Morgan fingerprint density at radius 3 is 2.79 bits per heavy atom. The predicted octanol–water partition coefficient (Wildman–Crippen LogP) is -0.408. The number of primary amides is 1. The summed E-state index contributed by atoms with van der Waals surface area (Å²) in [6, 6.07) is 0.531. The molecule has 4 nitrogen and oxygen atoms in total. The summed E-state index contributed by atoms with van der Waals surface area (Å²) in [5.74, 6) is 0.104. The number of piperidine rings is 1. The lowest BCUT2D eigenvalue weighted by atomic mass is 9.78. The monoisotopic (exact) mass is 197 g/mol. The highest BCUT2D eigenvalue weighted by Gasteiger charge is 2.46. The molecule has 1 saturated carbocycles. The minimum atomic E-state index is -0.452. The molecule has 0 radical (unpaired) electrons. The van der Waals surface area contributed by atoms with Gasteiger partial charge in [-0.15, -0.1) is 0 Å². The predicted molar refractivity (Wildman–Crippen MR) is 54.7 cm³/mol. The molecule has 0 bridgehead atoms. The lowest BCUT2D eigenvalue weighted by Crippen LogP contribution is -2.65. The summed E-state index contributed by atoms with van der Waals surface area (Å²) in [6.45, 7) is 3.85. The van der Waals surface area contributed by atoms with Crippen molar-refractivity contribution in [2.75, 3.05) is 13.1 Å². The highest BCUT2D eigenvalue weighted by atomic mass is 16.1. The van der Waals surface area contributed by atoms with Gasteiger partial charge in [-0.3, -0.25) is 4.79 Å². The Morgan fingerprint density at radius 2 is 2.29 bits per heavy atom. The molecule has 1 heterocycles. The Morgan fingerprint density at radius 1 is 1.57 bits per heavy atom. The van der Waals surface area contributed by atoms with Crippen LogP contribution in [0.5, 0.6) is 0 Å². The van der Waals surface area contributed by atoms with Gasteiger partial charge in [-0.25, -0.2) is 0 Å². The second kappa shape index (κ2) is 3.51. The molecule has 2 unspecified atom stereocenters. The molecule has 0 aromatic heterocycles. The minimum Gasteiger partial charge on any atom is -0.368 e. The van der Waals surface area contributed by atoms with E-state index in [9.17, 15) is 4.79 Å². The van der Waals surface area contributed by atoms with Gasteiger partial charge in [0.2, 0.25) is 5.91 Å². The van der Waals surface area contributed by atoms with Crippen LogP contribution in [0.2, 0.25) is 0 Å². The maximum atomic E-state index is 11.6. The molecular weight excluding hydrogens is 178 g/mol. The smallest absolute Gasteiger partial charge is 0.238 e. The maximum Gasteiger partial charge on any atom is 0.238 e. The highest BCUT2D eigenvalue weighted by Crippen LogP contribution is 2.30. The third-order valence-corrected chi connectivity index (χ3v) is 3.47. The molecule has 2 aliphatic rings. The van der Waals surface area contributed by atoms with Crippen molar-refractivity contribution in [2.45, 2.75) is 37.8 Å². The van der Waals surface area contributed by atoms with Crippen molar-refractivity contribution in [3.05, 3.63) is 0 Å². The standard InChI is InChI=1S/C10H19N3O/c1-7-6-12-5-4-10(7,9(11)14)13-8-2-3-8/h7-8,12-13H,2-6H2,1H3,(H2,11,14). The summed E-state index contributed by atoms with van der Waals surface area (Å²) in [5, 5.41) is 6.73. The van der Waals surface area contributed by atoms with Crippen LogP contribution < -0.4 is 16.4 Å². The van der Waals surface area contributed by atoms with Crippen molar-refractivity contribution >= 4 is 5.91 Å². The van der Waals surface area contributed by atoms with Gasteiger partial charge in [-0.1, -0.05) is 6.92 Å². The number of nitrogens with two attached hydrogens (primary N) is 1. The van der Waals surface area contributed by atoms with E-state index in [1.807, 2.05) is 0 Å². The van der Waals surface area contributed by atoms with Crippen molar-refractivity contribution in [3.63, 3.8) is 0 Å². The zero-order valence-corrected chi connectivity index (χ0v) is 8.68. The van der Waals surface area contributed by atoms with Gasteiger partial charge in [0.1, 0.15) is 5.54 Å². The zero-order chi connectivity index (χ0) is 10.2. The first kappa shape index (κ1) is 9.93. The van der Waals surface area contributed by atoms with Crippen molar-refractivity contribution < 1.29 is 4.79 Å². The first-order valence-electron chi connectivity index (χ1n) is 5.43. The number of nitrogens with one attached hydrogen (secondary N) is 2. The van der Waals surface area contributed by atoms with Gasteiger partial charge in [-0.2, -0.15) is 0 Å². The number of rotatable bonds is 3. The number of carbonyl (C=O) groups excluding carboxylic acids is 1. The number of hydrogen-bond acceptors (Lipinski definition) is 3. The number of carbonyl (C=O) groups is 1. The van der Waals surface area contributed by atoms with E-state index in [0.717, 1.165) is 19.5 Å². The molecule has 2 fully saturated rings. The summed E-state index contributed by atoms with van der Waals surface area (Å²) in [7, 11) is 0. The fraction of sp³-hybridized carbons (Fsp3) is 0.900. The Bertz CT molecular complexity index is 240. The van der Waals surface area contributed by atoms with E-state index in [2.05, 4.69) is 17.6 Å². The third kappa shape index (κ3) is 1.64. The molecular formula is C10H19N3O. The van der Waals surface area contributed by atoms with Crippen LogP contribution in [-0.2, 0) is 4.79 Å². The SMILES string of the molecule is CC1CNCCC1(NC1CC1)C(N)=O. The van der Waals surface area contributed by atoms with Crippen molar-refractivity contribution in [1.82, 2.24) is 10.6 Å². The summed E-state index contributed by atoms with van der Waals surface area (Å²) < 4.78 is 0. The molecule has 2 rings (SSSR count). The van der Waals surface area contributed by atoms with E-state index in [0.29, 0.717) is 6.04 Å². The molecule has 14 heavy (non-hydrogen) atoms. The molecule has 0 aromatic carbocycles. The number of hydrogen-bond donors (Lipinski definition) is 3. The zero-order valence-electron chi connectivity index (χ0n) is 8.68. The molecule has 2 atom stereocenters. The molecule has 80 valence electrons. The minimum absolute atomic E-state index is 0.182. The highest BCUT2D eigenvalue weighted by molar-refractivity contribution is 5.85. The average molecular weight is 197 g/mol. The molecule has 1 saturated heterocycles. The van der Waals surface area contributed by atoms with Crippen molar-refractivity contribution in [1.29, 1.82) is 0 Å². The van der Waals surface area contributed by atoms with Crippen molar-refractivity contribution in [3.8, 4) is 0 Å². The van der Waals surface area contributed by atoms with E-state index in [1.54, 1.807) is 0 Å². The summed E-state index contributed by atoms with van der Waals surface area (Å²) in [4.78, 5) is 11.6. The van der Waals surface area contributed by atoms with Crippen molar-refractivity contribution in [2.24, 2.45) is 11.7 Å². The van der Waals surface area contributed by atoms with Crippen LogP contribution in [0.4, 0.5) is 0 Å². The summed E-state index contributed by atoms with van der Waals surface area (Å²) >= 11 is 0. The van der Waals surface area contributed by atoms with Gasteiger partial charge in [0, 0.05) is 6.04 Å². The number of amides is 1. The lowest BCUT2D eigenvalue weighted by Gasteiger charge is -2.41. The maximum absolute atomic E-state index is 11.6. The molecule has 1 aliphatic carbocycles. The quantitative estimate of drug-likeness (QED) is 0.576. The van der Waals surface area contributed by atoms with E-state index in [-0.39, 0.29) is 11.8 Å². The van der Waals surface area contributed by atoms with E-state index in [1.165, 1.54) is 12.8 Å². The fourth-order valence-electron chi connectivity index (χ4n) is 2.27. The Hall–Kier alpha value is -0.610. The van der Waals surface area contributed by atoms with Gasteiger partial charge >= 0.3 is 0 Å². The second-order valence-electron chi connectivity index (χ2n) is 4.61. The van der Waals surface area contributed by atoms with Gasteiger partial charge in [0.25, 0.3) is 0 Å². The lowest BCUT2D eigenvalue weighted by molar-refractivity contribution is -0.127. The van der Waals surface area contributed by atoms with Crippen LogP contribution in [0, 0.1) is 5.92 Å². The summed E-state index contributed by atoms with van der Waals surface area (Å²) in [5.41, 5.74) is 5.09. The van der Waals surface area contributed by atoms with Crippen LogP contribution >= 0.6 is 0 Å². The van der Waals surface area contributed by atoms with E-state index >= 15 is 0 Å². The van der Waals surface area contributed by atoms with Crippen LogP contribution in [-0.4, -0.2) is 30.6 Å². The average Bonchev–Trinajstić information content (AvgIpc) is 2.92. The van der Waals surface area contributed by atoms with E-state index in [4.69, 9.17) is 5.73 Å². The van der Waals surface area contributed by atoms with Crippen LogP contribution in [0.25, 0.3) is 0 Å². The van der Waals surface area contributed by atoms with Gasteiger partial charge in [0.05, 0.1) is 0 Å². The third-order valence-electron chi connectivity index (χ3n) is 3.47. The molecule has 1 aliphatic heterocycles. The Labute approximate surface area is 84.6 Å². The van der Waals surface area contributed by atoms with E-state index < -0.39 is 5.54 Å². The second-order valence-corrected chi connectivity index (χ2v) is 4.61. The largest absolute Gasteiger partial charge is 0.368 e. The van der Waals surface area contributed by atoms with Gasteiger partial charge in [0.15, 0.2) is 0 Å². The molecule has 4 heteroatoms. The van der Waals surface area contributed by atoms with Gasteiger partial charge < -0.3 is 16.4 Å². The van der Waals surface area contributed by atoms with Crippen LogP contribution in [0.3, 0.4) is 0 Å². The first-order valence-corrected chi connectivity index (χ1v) is 5.43. The Kier molecular flexibility index (Phi) is 2.49. The van der Waals surface area contributed by atoms with Gasteiger partial charge in [-0.05, 0) is 38.3 Å². The summed E-state index contributed by atoms with van der Waals surface area (Å²) in [6.07, 6.45) is 3.20. The fourth-order valence-corrected chi connectivity index (χ4v) is 2.27. The first-order chi connectivity index (χ1) is 6.65.